The fourth-order valence-electron chi connectivity index (χ4n) is 5.99. The lowest BCUT2D eigenvalue weighted by Gasteiger charge is -2.30. The highest BCUT2D eigenvalue weighted by molar-refractivity contribution is 7.09. The molecule has 3 aromatic rings. The molecule has 1 aromatic carbocycles. The molecule has 11 heteroatoms. The molecule has 0 bridgehead atoms. The Labute approximate surface area is 212 Å². The van der Waals surface area contributed by atoms with Gasteiger partial charge < -0.3 is 24.5 Å². The van der Waals surface area contributed by atoms with Crippen molar-refractivity contribution in [2.75, 3.05) is 0 Å². The topological polar surface area (TPSA) is 131 Å². The van der Waals surface area contributed by atoms with E-state index in [1.165, 1.54) is 13.0 Å². The zero-order chi connectivity index (χ0) is 26.4. The third kappa shape index (κ3) is 3.20. The number of aromatic nitrogens is 2. The molecule has 1 amide bonds. The smallest absolute Gasteiger partial charge is 0.347 e. The van der Waals surface area contributed by atoms with Gasteiger partial charge in [0.1, 0.15) is 18.5 Å². The molecule has 0 spiro atoms. The Morgan fingerprint density at radius 2 is 2.08 bits per heavy atom. The molecular formula is C26H26FN3O6Si. The summed E-state index contributed by atoms with van der Waals surface area (Å²) in [5.74, 6) is -0.910. The third-order valence-corrected chi connectivity index (χ3v) is 11.3. The predicted octanol–water partition coefficient (Wildman–Crippen LogP) is 1.75. The molecule has 0 unspecified atom stereocenters. The standard InChI is InChI=1S/C26H26FN3O6Si/c1-4-37(35)20-8-19-23-14(9-30(19)25(33)15(20)10-36-26(37)34)22-17(29-24(32)12(3)31)6-5-13-11(2)16(27)7-18(28-23)21(13)22/h7-8,12,17,31,35H,4-6,9-10H2,1-3H3,(H,29,32)/t12-,17-,37-/m0/s1. The molecule has 0 fully saturated rings. The van der Waals surface area contributed by atoms with Crippen LogP contribution in [0.1, 0.15) is 54.1 Å². The second-order valence-corrected chi connectivity index (χ2v) is 13.5. The Bertz CT molecular complexity index is 1620. The monoisotopic (exact) mass is 523 g/mol. The number of carbonyl (C=O) groups excluding carboxylic acids is 2. The van der Waals surface area contributed by atoms with Crippen LogP contribution in [0, 0.1) is 12.7 Å². The van der Waals surface area contributed by atoms with Crippen LogP contribution in [0.15, 0.2) is 16.9 Å². The van der Waals surface area contributed by atoms with Gasteiger partial charge in [0.05, 0.1) is 35.1 Å². The summed E-state index contributed by atoms with van der Waals surface area (Å²) < 4.78 is 21.7. The highest BCUT2D eigenvalue weighted by Crippen LogP contribution is 2.44. The molecule has 37 heavy (non-hydrogen) atoms. The predicted molar refractivity (Wildman–Crippen MR) is 134 cm³/mol. The molecule has 3 aliphatic rings. The molecule has 6 rings (SSSR count). The van der Waals surface area contributed by atoms with Gasteiger partial charge in [-0.15, -0.1) is 0 Å². The van der Waals surface area contributed by atoms with Crippen molar-refractivity contribution in [3.05, 3.63) is 56.1 Å². The number of nitrogens with one attached hydrogen (secondary N) is 1. The molecule has 0 saturated carbocycles. The molecule has 0 saturated heterocycles. The molecule has 3 N–H and O–H groups in total. The lowest BCUT2D eigenvalue weighted by Crippen LogP contribution is -2.61. The van der Waals surface area contributed by atoms with E-state index in [-0.39, 0.29) is 36.1 Å². The summed E-state index contributed by atoms with van der Waals surface area (Å²) in [5, 5.41) is 13.8. The van der Waals surface area contributed by atoms with Gasteiger partial charge in [-0.2, -0.15) is 0 Å². The van der Waals surface area contributed by atoms with Crippen LogP contribution in [0.4, 0.5) is 9.18 Å². The Hall–Kier alpha value is -3.41. The first-order valence-corrected chi connectivity index (χ1v) is 14.5. The number of hydrogen-bond donors (Lipinski definition) is 3. The van der Waals surface area contributed by atoms with Crippen LogP contribution in [-0.2, 0) is 29.1 Å². The van der Waals surface area contributed by atoms with Gasteiger partial charge in [0.25, 0.3) is 5.56 Å². The van der Waals surface area contributed by atoms with Gasteiger partial charge in [0, 0.05) is 17.0 Å². The number of hydrogen-bond acceptors (Lipinski definition) is 7. The van der Waals surface area contributed by atoms with E-state index in [4.69, 9.17) is 9.72 Å². The van der Waals surface area contributed by atoms with Gasteiger partial charge >= 0.3 is 13.9 Å². The lowest BCUT2D eigenvalue weighted by atomic mass is 9.81. The summed E-state index contributed by atoms with van der Waals surface area (Å²) in [4.78, 5) is 54.7. The minimum atomic E-state index is -3.71. The minimum Gasteiger partial charge on any atom is -0.463 e. The van der Waals surface area contributed by atoms with Crippen molar-refractivity contribution < 1.29 is 28.6 Å². The highest BCUT2D eigenvalue weighted by atomic mass is 28.4. The quantitative estimate of drug-likeness (QED) is 0.349. The minimum absolute atomic E-state index is 0.159. The van der Waals surface area contributed by atoms with Gasteiger partial charge in [0.2, 0.25) is 5.91 Å². The summed E-state index contributed by atoms with van der Waals surface area (Å²) in [5.41, 5.74) is 3.37. The Morgan fingerprint density at radius 3 is 2.78 bits per heavy atom. The number of cyclic esters (lactones) is 1. The number of nitrogens with zero attached hydrogens (tertiary/aromatic N) is 2. The summed E-state index contributed by atoms with van der Waals surface area (Å²) in [6.45, 7) is 4.77. The van der Waals surface area contributed by atoms with E-state index < -0.39 is 32.0 Å². The SMILES string of the molecule is CC[Si@@]1(O)C(=O)OCc2c1cc1n(c2=O)Cc2c-1nc1cc(F)c(C)c3c1c2[C@@H](NC(=O)[C@H](C)O)CC3. The molecule has 4 heterocycles. The highest BCUT2D eigenvalue weighted by Gasteiger charge is 2.49. The Morgan fingerprint density at radius 1 is 1.32 bits per heavy atom. The van der Waals surface area contributed by atoms with E-state index >= 15 is 0 Å². The van der Waals surface area contributed by atoms with Crippen molar-refractivity contribution in [3.63, 3.8) is 0 Å². The molecule has 2 aromatic heterocycles. The van der Waals surface area contributed by atoms with E-state index in [0.717, 1.165) is 22.1 Å². The second kappa shape index (κ2) is 8.04. The Kier molecular flexibility index (Phi) is 5.21. The van der Waals surface area contributed by atoms with Crippen LogP contribution in [0.25, 0.3) is 22.3 Å². The summed E-state index contributed by atoms with van der Waals surface area (Å²) in [6, 6.07) is 2.73. The number of aryl methyl sites for hydroxylation is 1. The van der Waals surface area contributed by atoms with Crippen LogP contribution in [0.2, 0.25) is 6.04 Å². The number of halogens is 1. The number of aliphatic hydroxyl groups excluding tert-OH is 1. The number of benzene rings is 1. The number of amides is 1. The molecule has 2 aliphatic heterocycles. The number of pyridine rings is 2. The van der Waals surface area contributed by atoms with Crippen LogP contribution in [0.5, 0.6) is 0 Å². The van der Waals surface area contributed by atoms with Crippen LogP contribution >= 0.6 is 0 Å². The van der Waals surface area contributed by atoms with Gasteiger partial charge in [-0.05, 0) is 60.7 Å². The van der Waals surface area contributed by atoms with E-state index in [9.17, 15) is 28.7 Å². The van der Waals surface area contributed by atoms with Crippen LogP contribution in [0.3, 0.4) is 0 Å². The third-order valence-electron chi connectivity index (χ3n) is 8.07. The zero-order valence-electron chi connectivity index (χ0n) is 20.6. The van der Waals surface area contributed by atoms with Gasteiger partial charge in [0.15, 0.2) is 0 Å². The van der Waals surface area contributed by atoms with Gasteiger partial charge in [-0.3, -0.25) is 14.4 Å². The van der Waals surface area contributed by atoms with Crippen molar-refractivity contribution in [1.82, 2.24) is 14.9 Å². The first-order valence-electron chi connectivity index (χ1n) is 12.4. The summed E-state index contributed by atoms with van der Waals surface area (Å²) >= 11 is 0. The first-order chi connectivity index (χ1) is 17.6. The largest absolute Gasteiger partial charge is 0.463 e. The second-order valence-electron chi connectivity index (χ2n) is 10.1. The van der Waals surface area contributed by atoms with Crippen LogP contribution < -0.4 is 16.1 Å². The lowest BCUT2D eigenvalue weighted by molar-refractivity contribution is -0.129. The van der Waals surface area contributed by atoms with E-state index in [2.05, 4.69) is 5.32 Å². The average Bonchev–Trinajstić information content (AvgIpc) is 3.24. The summed E-state index contributed by atoms with van der Waals surface area (Å²) in [7, 11) is -3.71. The van der Waals surface area contributed by atoms with E-state index in [1.54, 1.807) is 24.5 Å². The zero-order valence-corrected chi connectivity index (χ0v) is 21.6. The molecular weight excluding hydrogens is 497 g/mol. The maximum absolute atomic E-state index is 14.9. The van der Waals surface area contributed by atoms with Gasteiger partial charge in [-0.25, -0.2) is 9.37 Å². The maximum atomic E-state index is 14.9. The normalized spacial score (nSPS) is 22.2. The van der Waals surface area contributed by atoms with Crippen molar-refractivity contribution in [2.45, 2.75) is 65.0 Å². The van der Waals surface area contributed by atoms with Crippen LogP contribution in [-0.4, -0.2) is 45.4 Å². The molecule has 0 radical (unpaired) electrons. The molecule has 3 atom stereocenters. The first kappa shape index (κ1) is 24.0. The van der Waals surface area contributed by atoms with Crippen molar-refractivity contribution in [1.29, 1.82) is 0 Å². The summed E-state index contributed by atoms with van der Waals surface area (Å²) in [6.07, 6.45) is -0.190. The fourth-order valence-corrected chi connectivity index (χ4v) is 8.25. The number of rotatable bonds is 3. The fraction of sp³-hybridized carbons (Fsp3) is 0.385. The van der Waals surface area contributed by atoms with E-state index in [1.807, 2.05) is 0 Å². The molecule has 1 aliphatic carbocycles. The van der Waals surface area contributed by atoms with E-state index in [0.29, 0.717) is 40.5 Å². The van der Waals surface area contributed by atoms with Gasteiger partial charge in [-0.1, -0.05) is 6.92 Å². The van der Waals surface area contributed by atoms with Crippen molar-refractivity contribution in [3.8, 4) is 11.4 Å². The van der Waals surface area contributed by atoms with Crippen molar-refractivity contribution in [2.24, 2.45) is 0 Å². The number of fused-ring (bicyclic) bond motifs is 5. The number of aliphatic hydroxyl groups is 1. The molecule has 192 valence electrons. The molecule has 9 nitrogen and oxygen atoms in total. The number of carbonyl (C=O) groups is 2. The number of ether oxygens (including phenoxy) is 1. The average molecular weight is 524 g/mol. The Balaban J connectivity index is 1.65. The van der Waals surface area contributed by atoms with Crippen molar-refractivity contribution >= 4 is 35.9 Å². The maximum Gasteiger partial charge on any atom is 0.347 e.